The third-order valence-electron chi connectivity index (χ3n) is 2.63. The van der Waals surface area contributed by atoms with Crippen molar-refractivity contribution >= 4 is 38.9 Å². The molecule has 0 aromatic heterocycles. The minimum Gasteiger partial charge on any atom is -0.375 e. The minimum atomic E-state index is -0.519. The van der Waals surface area contributed by atoms with E-state index in [-0.39, 0.29) is 23.1 Å². The molecule has 4 nitrogen and oxygen atoms in total. The summed E-state index contributed by atoms with van der Waals surface area (Å²) in [5.74, 6) is -0.365. The largest absolute Gasteiger partial charge is 0.375 e. The van der Waals surface area contributed by atoms with E-state index in [1.807, 2.05) is 0 Å². The standard InChI is InChI=1S/C13H9BrClFN2O2/c14-11-3-2-10(16)5-8(11)7-17-12-4-1-9(15)6-13(12)18(19)20/h1-6,17H,7H2. The maximum absolute atomic E-state index is 13.2. The van der Waals surface area contributed by atoms with Crippen molar-refractivity contribution in [3.05, 3.63) is 67.4 Å². The first-order chi connectivity index (χ1) is 9.47. The topological polar surface area (TPSA) is 55.2 Å². The Morgan fingerprint density at radius 1 is 1.30 bits per heavy atom. The number of anilines is 1. The van der Waals surface area contributed by atoms with E-state index in [9.17, 15) is 14.5 Å². The van der Waals surface area contributed by atoms with E-state index >= 15 is 0 Å². The highest BCUT2D eigenvalue weighted by molar-refractivity contribution is 9.10. The molecule has 0 radical (unpaired) electrons. The van der Waals surface area contributed by atoms with Crippen molar-refractivity contribution in [2.75, 3.05) is 5.32 Å². The van der Waals surface area contributed by atoms with Crippen molar-refractivity contribution < 1.29 is 9.31 Å². The second kappa shape index (κ2) is 6.19. The summed E-state index contributed by atoms with van der Waals surface area (Å²) in [5, 5.41) is 14.1. The zero-order valence-electron chi connectivity index (χ0n) is 10.1. The lowest BCUT2D eigenvalue weighted by Crippen LogP contribution is -2.03. The summed E-state index contributed by atoms with van der Waals surface area (Å²) >= 11 is 9.04. The minimum absolute atomic E-state index is 0.120. The summed E-state index contributed by atoms with van der Waals surface area (Å²) in [5.41, 5.74) is 0.870. The van der Waals surface area contributed by atoms with E-state index in [2.05, 4.69) is 21.2 Å². The van der Waals surface area contributed by atoms with Gasteiger partial charge in [0.2, 0.25) is 0 Å². The lowest BCUT2D eigenvalue weighted by atomic mass is 10.2. The van der Waals surface area contributed by atoms with Crippen molar-refractivity contribution in [3.63, 3.8) is 0 Å². The molecule has 0 saturated carbocycles. The molecule has 104 valence electrons. The van der Waals surface area contributed by atoms with E-state index < -0.39 is 4.92 Å². The molecule has 0 heterocycles. The molecule has 0 spiro atoms. The van der Waals surface area contributed by atoms with Crippen LogP contribution in [-0.2, 0) is 6.54 Å². The number of hydrogen-bond donors (Lipinski definition) is 1. The number of halogens is 3. The Hall–Kier alpha value is -1.66. The Morgan fingerprint density at radius 2 is 2.05 bits per heavy atom. The second-order valence-electron chi connectivity index (χ2n) is 4.01. The molecule has 0 aliphatic carbocycles. The summed E-state index contributed by atoms with van der Waals surface area (Å²) in [6, 6.07) is 8.62. The molecular weight excluding hydrogens is 351 g/mol. The smallest absolute Gasteiger partial charge is 0.293 e. The van der Waals surface area contributed by atoms with Crippen LogP contribution in [-0.4, -0.2) is 4.92 Å². The Kier molecular flexibility index (Phi) is 4.57. The molecule has 0 saturated heterocycles. The molecular formula is C13H9BrClFN2O2. The fourth-order valence-corrected chi connectivity index (χ4v) is 2.23. The van der Waals surface area contributed by atoms with Crippen LogP contribution >= 0.6 is 27.5 Å². The van der Waals surface area contributed by atoms with Crippen LogP contribution in [0.5, 0.6) is 0 Å². The van der Waals surface area contributed by atoms with Gasteiger partial charge in [0.05, 0.1) is 4.92 Å². The van der Waals surface area contributed by atoms with Crippen LogP contribution in [0.3, 0.4) is 0 Å². The normalized spacial score (nSPS) is 10.3. The summed E-state index contributed by atoms with van der Waals surface area (Å²) in [7, 11) is 0. The van der Waals surface area contributed by atoms with Crippen LogP contribution in [0.1, 0.15) is 5.56 Å². The molecule has 0 fully saturated rings. The zero-order valence-corrected chi connectivity index (χ0v) is 12.4. The Labute approximate surface area is 127 Å². The van der Waals surface area contributed by atoms with Gasteiger partial charge in [-0.25, -0.2) is 4.39 Å². The number of benzene rings is 2. The third kappa shape index (κ3) is 3.46. The molecule has 0 aliphatic heterocycles. The first-order valence-electron chi connectivity index (χ1n) is 5.59. The molecule has 0 atom stereocenters. The third-order valence-corrected chi connectivity index (χ3v) is 3.64. The first-order valence-corrected chi connectivity index (χ1v) is 6.76. The Bertz CT molecular complexity index is 667. The van der Waals surface area contributed by atoms with Gasteiger partial charge < -0.3 is 5.32 Å². The SMILES string of the molecule is O=[N+]([O-])c1cc(Cl)ccc1NCc1cc(F)ccc1Br. The lowest BCUT2D eigenvalue weighted by molar-refractivity contribution is -0.383. The van der Waals surface area contributed by atoms with E-state index in [0.29, 0.717) is 11.3 Å². The average molecular weight is 360 g/mol. The van der Waals surface area contributed by atoms with E-state index in [1.165, 1.54) is 24.3 Å². The molecule has 1 N–H and O–H groups in total. The molecule has 2 aromatic carbocycles. The summed E-state index contributed by atoms with van der Waals surface area (Å²) in [4.78, 5) is 10.4. The highest BCUT2D eigenvalue weighted by Crippen LogP contribution is 2.28. The number of nitrogens with zero attached hydrogens (tertiary/aromatic N) is 1. The number of hydrogen-bond acceptors (Lipinski definition) is 3. The lowest BCUT2D eigenvalue weighted by Gasteiger charge is -2.09. The van der Waals surface area contributed by atoms with Crippen LogP contribution in [0.15, 0.2) is 40.9 Å². The van der Waals surface area contributed by atoms with Crippen molar-refractivity contribution in [2.24, 2.45) is 0 Å². The zero-order chi connectivity index (χ0) is 14.7. The fraction of sp³-hybridized carbons (Fsp3) is 0.0769. The second-order valence-corrected chi connectivity index (χ2v) is 5.30. The number of nitro groups is 1. The van der Waals surface area contributed by atoms with Gasteiger partial charge in [-0.15, -0.1) is 0 Å². The molecule has 2 rings (SSSR count). The molecule has 0 aliphatic rings. The van der Waals surface area contributed by atoms with E-state index in [4.69, 9.17) is 11.6 Å². The van der Waals surface area contributed by atoms with Crippen LogP contribution in [0.4, 0.5) is 15.8 Å². The van der Waals surface area contributed by atoms with Gasteiger partial charge in [-0.1, -0.05) is 27.5 Å². The van der Waals surface area contributed by atoms with Gasteiger partial charge >= 0.3 is 0 Å². The number of rotatable bonds is 4. The van der Waals surface area contributed by atoms with Crippen molar-refractivity contribution in [3.8, 4) is 0 Å². The summed E-state index contributed by atoms with van der Waals surface area (Å²) in [6.07, 6.45) is 0. The Morgan fingerprint density at radius 3 is 2.75 bits per heavy atom. The highest BCUT2D eigenvalue weighted by Gasteiger charge is 2.14. The predicted molar refractivity (Wildman–Crippen MR) is 79.5 cm³/mol. The molecule has 2 aromatic rings. The van der Waals surface area contributed by atoms with Crippen molar-refractivity contribution in [1.29, 1.82) is 0 Å². The van der Waals surface area contributed by atoms with Gasteiger partial charge in [0, 0.05) is 22.1 Å². The van der Waals surface area contributed by atoms with Gasteiger partial charge in [-0.2, -0.15) is 0 Å². The predicted octanol–water partition coefficient (Wildman–Crippen LogP) is 4.76. The molecule has 20 heavy (non-hydrogen) atoms. The molecule has 0 bridgehead atoms. The van der Waals surface area contributed by atoms with Gasteiger partial charge in [0.25, 0.3) is 5.69 Å². The van der Waals surface area contributed by atoms with E-state index in [1.54, 1.807) is 12.1 Å². The Balaban J connectivity index is 2.23. The molecule has 0 unspecified atom stereocenters. The van der Waals surface area contributed by atoms with Crippen molar-refractivity contribution in [1.82, 2.24) is 0 Å². The van der Waals surface area contributed by atoms with Crippen LogP contribution < -0.4 is 5.32 Å². The first kappa shape index (κ1) is 14.7. The van der Waals surface area contributed by atoms with Crippen LogP contribution in [0.25, 0.3) is 0 Å². The van der Waals surface area contributed by atoms with Gasteiger partial charge in [-0.3, -0.25) is 10.1 Å². The fourth-order valence-electron chi connectivity index (χ4n) is 1.67. The average Bonchev–Trinajstić information content (AvgIpc) is 2.40. The summed E-state index contributed by atoms with van der Waals surface area (Å²) in [6.45, 7) is 0.251. The van der Waals surface area contributed by atoms with E-state index in [0.717, 1.165) is 4.47 Å². The quantitative estimate of drug-likeness (QED) is 0.632. The highest BCUT2D eigenvalue weighted by atomic mass is 79.9. The number of nitrogens with one attached hydrogen (secondary N) is 1. The maximum Gasteiger partial charge on any atom is 0.293 e. The molecule has 7 heteroatoms. The monoisotopic (exact) mass is 358 g/mol. The van der Waals surface area contributed by atoms with Gasteiger partial charge in [-0.05, 0) is 35.9 Å². The number of nitro benzene ring substituents is 1. The summed E-state index contributed by atoms with van der Waals surface area (Å²) < 4.78 is 13.9. The maximum atomic E-state index is 13.2. The van der Waals surface area contributed by atoms with Crippen LogP contribution in [0.2, 0.25) is 5.02 Å². The van der Waals surface area contributed by atoms with Crippen LogP contribution in [0, 0.1) is 15.9 Å². The molecule has 0 amide bonds. The van der Waals surface area contributed by atoms with Gasteiger partial charge in [0.1, 0.15) is 11.5 Å². The van der Waals surface area contributed by atoms with Crippen molar-refractivity contribution in [2.45, 2.75) is 6.54 Å². The van der Waals surface area contributed by atoms with Gasteiger partial charge in [0.15, 0.2) is 0 Å².